The van der Waals surface area contributed by atoms with Crippen LogP contribution in [0.15, 0.2) is 51.8 Å². The van der Waals surface area contributed by atoms with E-state index in [9.17, 15) is 8.42 Å². The van der Waals surface area contributed by atoms with Crippen molar-refractivity contribution < 1.29 is 13.2 Å². The third-order valence-electron chi connectivity index (χ3n) is 4.28. The summed E-state index contributed by atoms with van der Waals surface area (Å²) >= 11 is 0. The van der Waals surface area contributed by atoms with Crippen LogP contribution in [0.5, 0.6) is 5.75 Å². The predicted molar refractivity (Wildman–Crippen MR) is 105 cm³/mol. The minimum Gasteiger partial charge on any atom is -0.493 e. The number of nitrogens with zero attached hydrogens (tertiary/aromatic N) is 2. The largest absolute Gasteiger partial charge is 0.493 e. The summed E-state index contributed by atoms with van der Waals surface area (Å²) in [5.41, 5.74) is 2.18. The standard InChI is InChI=1S/C19H23N3O3S/c1-4-22(5-2)14-11-12-15(17(13-14)25-6-3)19-20-16-9-7-8-10-18(16)26(23,24)21-19/h7-13H,4-6H2,1-3H3,(H,20,21). The second-order valence-corrected chi connectivity index (χ2v) is 7.39. The number of fused-ring (bicyclic) bond motifs is 1. The molecule has 0 bridgehead atoms. The third kappa shape index (κ3) is 3.39. The first kappa shape index (κ1) is 18.3. The SMILES string of the molecule is CCOc1cc(N(CC)CC)ccc1C1=NS(=O)(=O)c2ccccc2N1. The normalized spacial score (nSPS) is 14.8. The molecule has 0 fully saturated rings. The molecule has 0 saturated heterocycles. The van der Waals surface area contributed by atoms with Crippen molar-refractivity contribution in [2.75, 3.05) is 29.9 Å². The highest BCUT2D eigenvalue weighted by Crippen LogP contribution is 2.32. The smallest absolute Gasteiger partial charge is 0.286 e. The van der Waals surface area contributed by atoms with E-state index in [2.05, 4.69) is 28.5 Å². The van der Waals surface area contributed by atoms with Gasteiger partial charge in [0.05, 0.1) is 17.9 Å². The number of ether oxygens (including phenoxy) is 1. The van der Waals surface area contributed by atoms with Gasteiger partial charge in [-0.25, -0.2) is 0 Å². The van der Waals surface area contributed by atoms with E-state index in [1.807, 2.05) is 25.1 Å². The van der Waals surface area contributed by atoms with Gasteiger partial charge >= 0.3 is 0 Å². The van der Waals surface area contributed by atoms with Crippen molar-refractivity contribution >= 4 is 27.2 Å². The van der Waals surface area contributed by atoms with Crippen molar-refractivity contribution in [3.63, 3.8) is 0 Å². The first-order chi connectivity index (χ1) is 12.5. The van der Waals surface area contributed by atoms with Gasteiger partial charge in [0, 0.05) is 24.8 Å². The molecule has 1 heterocycles. The average molecular weight is 373 g/mol. The lowest BCUT2D eigenvalue weighted by Gasteiger charge is -2.24. The van der Waals surface area contributed by atoms with Crippen LogP contribution in [0.4, 0.5) is 11.4 Å². The summed E-state index contributed by atoms with van der Waals surface area (Å²) in [6, 6.07) is 12.5. The Morgan fingerprint density at radius 1 is 1.08 bits per heavy atom. The van der Waals surface area contributed by atoms with Crippen molar-refractivity contribution in [1.29, 1.82) is 0 Å². The van der Waals surface area contributed by atoms with Gasteiger partial charge in [-0.15, -0.1) is 4.40 Å². The highest BCUT2D eigenvalue weighted by Gasteiger charge is 2.26. The minimum atomic E-state index is -3.75. The Morgan fingerprint density at radius 2 is 1.81 bits per heavy atom. The summed E-state index contributed by atoms with van der Waals surface area (Å²) in [7, 11) is -3.75. The second kappa shape index (κ2) is 7.37. The van der Waals surface area contributed by atoms with Crippen molar-refractivity contribution in [2.24, 2.45) is 4.40 Å². The van der Waals surface area contributed by atoms with Gasteiger partial charge < -0.3 is 15.0 Å². The molecule has 6 nitrogen and oxygen atoms in total. The molecule has 0 amide bonds. The summed E-state index contributed by atoms with van der Waals surface area (Å²) in [4.78, 5) is 2.38. The predicted octanol–water partition coefficient (Wildman–Crippen LogP) is 3.49. The van der Waals surface area contributed by atoms with Gasteiger partial charge in [0.1, 0.15) is 10.6 Å². The molecule has 0 unspecified atom stereocenters. The zero-order valence-corrected chi connectivity index (χ0v) is 16.0. The fourth-order valence-electron chi connectivity index (χ4n) is 3.00. The molecule has 0 radical (unpaired) electrons. The monoisotopic (exact) mass is 373 g/mol. The Balaban J connectivity index is 2.08. The number of hydrogen-bond acceptors (Lipinski definition) is 5. The van der Waals surface area contributed by atoms with Gasteiger partial charge in [-0.05, 0) is 45.0 Å². The molecule has 3 rings (SSSR count). The molecule has 0 aliphatic carbocycles. The van der Waals surface area contributed by atoms with Gasteiger partial charge in [0.25, 0.3) is 10.0 Å². The maximum atomic E-state index is 12.5. The zero-order chi connectivity index (χ0) is 18.7. The maximum absolute atomic E-state index is 12.5. The Bertz CT molecular complexity index is 935. The van der Waals surface area contributed by atoms with Gasteiger partial charge in [-0.3, -0.25) is 0 Å². The van der Waals surface area contributed by atoms with Crippen LogP contribution < -0.4 is 15.0 Å². The average Bonchev–Trinajstić information content (AvgIpc) is 2.63. The van der Waals surface area contributed by atoms with Crippen molar-refractivity contribution in [1.82, 2.24) is 0 Å². The highest BCUT2D eigenvalue weighted by molar-refractivity contribution is 7.90. The Morgan fingerprint density at radius 3 is 2.50 bits per heavy atom. The van der Waals surface area contributed by atoms with E-state index in [4.69, 9.17) is 4.74 Å². The summed E-state index contributed by atoms with van der Waals surface area (Å²) < 4.78 is 34.8. The molecule has 0 atom stereocenters. The lowest BCUT2D eigenvalue weighted by Crippen LogP contribution is -2.24. The van der Waals surface area contributed by atoms with Crippen LogP contribution in [0, 0.1) is 0 Å². The first-order valence-corrected chi connectivity index (χ1v) is 10.2. The number of hydrogen-bond donors (Lipinski definition) is 1. The molecule has 2 aromatic carbocycles. The van der Waals surface area contributed by atoms with Crippen LogP contribution in [-0.2, 0) is 10.0 Å². The summed E-state index contributed by atoms with van der Waals surface area (Å²) in [5, 5.41) is 3.12. The number of rotatable bonds is 6. The zero-order valence-electron chi connectivity index (χ0n) is 15.2. The fraction of sp³-hybridized carbons (Fsp3) is 0.316. The van der Waals surface area contributed by atoms with Crippen molar-refractivity contribution in [3.8, 4) is 5.75 Å². The molecule has 1 aliphatic rings. The van der Waals surface area contributed by atoms with Crippen LogP contribution in [0.1, 0.15) is 26.3 Å². The lowest BCUT2D eigenvalue weighted by molar-refractivity contribution is 0.339. The quantitative estimate of drug-likeness (QED) is 0.839. The Labute approximate surface area is 154 Å². The number of benzene rings is 2. The van der Waals surface area contributed by atoms with Crippen LogP contribution in [0.3, 0.4) is 0 Å². The van der Waals surface area contributed by atoms with Gasteiger partial charge in [0.2, 0.25) is 0 Å². The van der Waals surface area contributed by atoms with Crippen LogP contribution in [-0.4, -0.2) is 33.9 Å². The molecule has 2 aromatic rings. The number of sulfonamides is 1. The molecular formula is C19H23N3O3S. The first-order valence-electron chi connectivity index (χ1n) is 8.73. The molecule has 1 aliphatic heterocycles. The molecule has 0 aromatic heterocycles. The number of para-hydroxylation sites is 1. The van der Waals surface area contributed by atoms with Crippen LogP contribution in [0.2, 0.25) is 0 Å². The highest BCUT2D eigenvalue weighted by atomic mass is 32.2. The van der Waals surface area contributed by atoms with E-state index in [-0.39, 0.29) is 10.7 Å². The number of nitrogens with one attached hydrogen (secondary N) is 1. The fourth-order valence-corrected chi connectivity index (χ4v) is 4.13. The van der Waals surface area contributed by atoms with E-state index < -0.39 is 10.0 Å². The van der Waals surface area contributed by atoms with E-state index >= 15 is 0 Å². The number of anilines is 2. The van der Waals surface area contributed by atoms with Crippen LogP contribution in [0.25, 0.3) is 0 Å². The molecule has 1 N–H and O–H groups in total. The van der Waals surface area contributed by atoms with Crippen LogP contribution >= 0.6 is 0 Å². The lowest BCUT2D eigenvalue weighted by atomic mass is 10.1. The third-order valence-corrected chi connectivity index (χ3v) is 5.61. The molecule has 0 spiro atoms. The van der Waals surface area contributed by atoms with E-state index in [0.29, 0.717) is 23.6 Å². The molecule has 138 valence electrons. The van der Waals surface area contributed by atoms with Crippen molar-refractivity contribution in [2.45, 2.75) is 25.7 Å². The summed E-state index contributed by atoms with van der Waals surface area (Å²) in [5.74, 6) is 0.885. The molecule has 7 heteroatoms. The summed E-state index contributed by atoms with van der Waals surface area (Å²) in [6.45, 7) is 8.31. The van der Waals surface area contributed by atoms with Gasteiger partial charge in [-0.2, -0.15) is 8.42 Å². The van der Waals surface area contributed by atoms with Crippen molar-refractivity contribution in [3.05, 3.63) is 48.0 Å². The maximum Gasteiger partial charge on any atom is 0.286 e. The molecule has 26 heavy (non-hydrogen) atoms. The van der Waals surface area contributed by atoms with E-state index in [0.717, 1.165) is 18.8 Å². The Hall–Kier alpha value is -2.54. The second-order valence-electron chi connectivity index (χ2n) is 5.82. The van der Waals surface area contributed by atoms with E-state index in [1.165, 1.54) is 0 Å². The van der Waals surface area contributed by atoms with Gasteiger partial charge in [0.15, 0.2) is 5.84 Å². The number of amidine groups is 1. The topological polar surface area (TPSA) is 71.0 Å². The minimum absolute atomic E-state index is 0.182. The summed E-state index contributed by atoms with van der Waals surface area (Å²) in [6.07, 6.45) is 0. The molecule has 0 saturated carbocycles. The van der Waals surface area contributed by atoms with E-state index in [1.54, 1.807) is 24.3 Å². The Kier molecular flexibility index (Phi) is 5.18. The van der Waals surface area contributed by atoms with Gasteiger partial charge in [-0.1, -0.05) is 12.1 Å². The molecular weight excluding hydrogens is 350 g/mol.